The number of amides is 2. The van der Waals surface area contributed by atoms with Crippen LogP contribution in [0.5, 0.6) is 0 Å². The van der Waals surface area contributed by atoms with E-state index in [0.29, 0.717) is 6.04 Å². The predicted molar refractivity (Wildman–Crippen MR) is 97.4 cm³/mol. The molecule has 2 aliphatic rings. The maximum absolute atomic E-state index is 12.4. The van der Waals surface area contributed by atoms with Crippen LogP contribution < -0.4 is 5.32 Å². The average Bonchev–Trinajstić information content (AvgIpc) is 3.05. The molecule has 3 heterocycles. The number of hydrogen-bond donors (Lipinski definition) is 1. The van der Waals surface area contributed by atoms with Crippen molar-refractivity contribution in [1.82, 2.24) is 24.5 Å². The van der Waals surface area contributed by atoms with Gasteiger partial charge in [-0.05, 0) is 31.4 Å². The number of aromatic nitrogens is 2. The number of urea groups is 1. The number of piperazine rings is 1. The van der Waals surface area contributed by atoms with Crippen LogP contribution in [0.4, 0.5) is 4.79 Å². The van der Waals surface area contributed by atoms with Crippen molar-refractivity contribution in [2.24, 2.45) is 0 Å². The van der Waals surface area contributed by atoms with Crippen molar-refractivity contribution in [3.8, 4) is 0 Å². The molecule has 0 radical (unpaired) electrons. The number of nitrogens with zero attached hydrogens (tertiary/aromatic N) is 4. The highest BCUT2D eigenvalue weighted by molar-refractivity contribution is 5.74. The maximum atomic E-state index is 12.4. The maximum Gasteiger partial charge on any atom is 0.317 e. The first-order valence-electron chi connectivity index (χ1n) is 9.13. The second-order valence-corrected chi connectivity index (χ2v) is 6.89. The van der Waals surface area contributed by atoms with Crippen molar-refractivity contribution in [2.45, 2.75) is 31.8 Å². The molecule has 1 fully saturated rings. The summed E-state index contributed by atoms with van der Waals surface area (Å²) in [6, 6.07) is 6.43. The van der Waals surface area contributed by atoms with E-state index in [-0.39, 0.29) is 6.03 Å². The number of carbonyl (C=O) groups is 1. The van der Waals surface area contributed by atoms with Gasteiger partial charge in [-0.3, -0.25) is 4.90 Å². The summed E-state index contributed by atoms with van der Waals surface area (Å²) in [5.74, 6) is 0. The molecule has 1 aliphatic carbocycles. The van der Waals surface area contributed by atoms with E-state index in [2.05, 4.69) is 38.0 Å². The monoisotopic (exact) mass is 339 g/mol. The number of allylic oxidation sites excluding steroid dienone is 1. The molecule has 1 saturated heterocycles. The van der Waals surface area contributed by atoms with Crippen molar-refractivity contribution < 1.29 is 4.79 Å². The van der Waals surface area contributed by atoms with Gasteiger partial charge in [0, 0.05) is 51.2 Å². The number of pyridine rings is 1. The van der Waals surface area contributed by atoms with Crippen LogP contribution in [0.1, 0.15) is 25.0 Å². The molecule has 0 bridgehead atoms. The highest BCUT2D eigenvalue weighted by atomic mass is 16.2. The number of nitrogens with one attached hydrogen (secondary N) is 1. The van der Waals surface area contributed by atoms with Gasteiger partial charge < -0.3 is 14.6 Å². The first-order valence-corrected chi connectivity index (χ1v) is 9.13. The number of hydrogen-bond acceptors (Lipinski definition) is 3. The van der Waals surface area contributed by atoms with Gasteiger partial charge in [-0.2, -0.15) is 0 Å². The first kappa shape index (κ1) is 16.1. The van der Waals surface area contributed by atoms with Crippen LogP contribution in [0.2, 0.25) is 0 Å². The highest BCUT2D eigenvalue weighted by Gasteiger charge is 2.23. The van der Waals surface area contributed by atoms with Crippen molar-refractivity contribution in [3.63, 3.8) is 0 Å². The summed E-state index contributed by atoms with van der Waals surface area (Å²) in [5, 5.41) is 3.17. The Morgan fingerprint density at radius 3 is 2.84 bits per heavy atom. The summed E-state index contributed by atoms with van der Waals surface area (Å²) in [7, 11) is 0. The van der Waals surface area contributed by atoms with Gasteiger partial charge in [-0.25, -0.2) is 9.78 Å². The molecule has 1 aliphatic heterocycles. The van der Waals surface area contributed by atoms with Gasteiger partial charge in [0.2, 0.25) is 0 Å². The molecule has 132 valence electrons. The zero-order valence-corrected chi connectivity index (χ0v) is 14.5. The van der Waals surface area contributed by atoms with Crippen LogP contribution in [0.25, 0.3) is 5.65 Å². The second-order valence-electron chi connectivity index (χ2n) is 6.89. The Balaban J connectivity index is 1.27. The molecule has 6 nitrogen and oxygen atoms in total. The Morgan fingerprint density at radius 2 is 2.08 bits per heavy atom. The second kappa shape index (κ2) is 7.27. The minimum Gasteiger partial charge on any atom is -0.335 e. The van der Waals surface area contributed by atoms with E-state index in [1.54, 1.807) is 0 Å². The Morgan fingerprint density at radius 1 is 1.20 bits per heavy atom. The number of carbonyl (C=O) groups excluding carboxylic acids is 1. The lowest BCUT2D eigenvalue weighted by Gasteiger charge is -2.35. The van der Waals surface area contributed by atoms with Crippen LogP contribution in [0.15, 0.2) is 42.7 Å². The topological polar surface area (TPSA) is 52.9 Å². The van der Waals surface area contributed by atoms with E-state index >= 15 is 0 Å². The van der Waals surface area contributed by atoms with Crippen molar-refractivity contribution in [2.75, 3.05) is 26.2 Å². The molecule has 4 rings (SSSR count). The molecular weight excluding hydrogens is 314 g/mol. The van der Waals surface area contributed by atoms with E-state index in [1.165, 1.54) is 0 Å². The zero-order chi connectivity index (χ0) is 17.1. The van der Waals surface area contributed by atoms with Gasteiger partial charge in [0.05, 0.1) is 5.69 Å². The van der Waals surface area contributed by atoms with Crippen molar-refractivity contribution in [3.05, 3.63) is 48.4 Å². The molecule has 2 aromatic rings. The summed E-state index contributed by atoms with van der Waals surface area (Å²) >= 11 is 0. The molecule has 1 unspecified atom stereocenters. The Bertz CT molecular complexity index is 727. The van der Waals surface area contributed by atoms with Crippen molar-refractivity contribution >= 4 is 11.7 Å². The standard InChI is InChI=1S/C19H25N5O/c25-19(21-16-6-2-1-3-7-16)23-12-10-22(11-13-23)14-17-15-24-9-5-4-8-18(24)20-17/h1-2,4-5,8-9,15-16H,3,6-7,10-14H2,(H,21,25). The SMILES string of the molecule is O=C(NC1CC=CCC1)N1CCN(Cc2cn3ccccc3n2)CC1. The lowest BCUT2D eigenvalue weighted by Crippen LogP contribution is -2.53. The smallest absolute Gasteiger partial charge is 0.317 e. The molecule has 0 saturated carbocycles. The predicted octanol–water partition coefficient (Wildman–Crippen LogP) is 2.27. The summed E-state index contributed by atoms with van der Waals surface area (Å²) in [6.45, 7) is 4.19. The van der Waals surface area contributed by atoms with Gasteiger partial charge in [-0.1, -0.05) is 18.2 Å². The van der Waals surface area contributed by atoms with E-state index in [0.717, 1.165) is 63.3 Å². The van der Waals surface area contributed by atoms with Crippen molar-refractivity contribution in [1.29, 1.82) is 0 Å². The quantitative estimate of drug-likeness (QED) is 0.873. The fourth-order valence-corrected chi connectivity index (χ4v) is 3.59. The van der Waals surface area contributed by atoms with E-state index < -0.39 is 0 Å². The number of fused-ring (bicyclic) bond motifs is 1. The molecule has 2 amide bonds. The average molecular weight is 339 g/mol. The Kier molecular flexibility index (Phi) is 4.70. The molecule has 1 atom stereocenters. The molecule has 25 heavy (non-hydrogen) atoms. The normalized spacial score (nSPS) is 21.6. The van der Waals surface area contributed by atoms with Gasteiger partial charge in [0.15, 0.2) is 0 Å². The van der Waals surface area contributed by atoms with Gasteiger partial charge >= 0.3 is 6.03 Å². The van der Waals surface area contributed by atoms with E-state index in [1.807, 2.05) is 29.3 Å². The molecule has 0 spiro atoms. The molecule has 0 aromatic carbocycles. The number of imidazole rings is 1. The summed E-state index contributed by atoms with van der Waals surface area (Å²) in [4.78, 5) is 21.4. The van der Waals surface area contributed by atoms with Crippen LogP contribution in [0.3, 0.4) is 0 Å². The first-order chi connectivity index (χ1) is 12.3. The van der Waals surface area contributed by atoms with E-state index in [4.69, 9.17) is 0 Å². The Labute approximate surface area is 148 Å². The van der Waals surface area contributed by atoms with Crippen LogP contribution in [-0.4, -0.2) is 57.4 Å². The lowest BCUT2D eigenvalue weighted by atomic mass is 10.0. The minimum absolute atomic E-state index is 0.0904. The third-order valence-corrected chi connectivity index (χ3v) is 5.06. The van der Waals surface area contributed by atoms with Crippen LogP contribution >= 0.6 is 0 Å². The van der Waals surface area contributed by atoms with E-state index in [9.17, 15) is 4.79 Å². The third-order valence-electron chi connectivity index (χ3n) is 5.06. The van der Waals surface area contributed by atoms with Gasteiger partial charge in [-0.15, -0.1) is 0 Å². The summed E-state index contributed by atoms with van der Waals surface area (Å²) < 4.78 is 2.05. The third kappa shape index (κ3) is 3.85. The summed E-state index contributed by atoms with van der Waals surface area (Å²) in [5.41, 5.74) is 2.06. The lowest BCUT2D eigenvalue weighted by molar-refractivity contribution is 0.132. The van der Waals surface area contributed by atoms with Gasteiger partial charge in [0.1, 0.15) is 5.65 Å². The zero-order valence-electron chi connectivity index (χ0n) is 14.5. The number of rotatable bonds is 3. The molecule has 2 aromatic heterocycles. The fraction of sp³-hybridized carbons (Fsp3) is 0.474. The molecule has 6 heteroatoms. The minimum atomic E-state index is 0.0904. The van der Waals surface area contributed by atoms with Gasteiger partial charge in [0.25, 0.3) is 0 Å². The highest BCUT2D eigenvalue weighted by Crippen LogP contribution is 2.13. The largest absolute Gasteiger partial charge is 0.335 e. The fourth-order valence-electron chi connectivity index (χ4n) is 3.59. The summed E-state index contributed by atoms with van der Waals surface area (Å²) in [6.07, 6.45) is 11.6. The van der Waals surface area contributed by atoms with Crippen LogP contribution in [0, 0.1) is 0 Å². The molecule has 1 N–H and O–H groups in total. The molecular formula is C19H25N5O. The van der Waals surface area contributed by atoms with Crippen LogP contribution in [-0.2, 0) is 6.54 Å². The Hall–Kier alpha value is -2.34.